The van der Waals surface area contributed by atoms with Crippen molar-refractivity contribution in [3.05, 3.63) is 34.1 Å². The summed E-state index contributed by atoms with van der Waals surface area (Å²) in [5.74, 6) is 5.18. The van der Waals surface area contributed by atoms with Gasteiger partial charge >= 0.3 is 0 Å². The summed E-state index contributed by atoms with van der Waals surface area (Å²) in [5.41, 5.74) is -0.782. The Hall–Kier alpha value is -1.93. The van der Waals surface area contributed by atoms with E-state index in [1.807, 2.05) is 27.7 Å². The summed E-state index contributed by atoms with van der Waals surface area (Å²) in [6.07, 6.45) is 1.13. The number of rotatable bonds is 1. The van der Waals surface area contributed by atoms with Crippen LogP contribution < -0.4 is 0 Å². The molecule has 0 radical (unpaired) electrons. The summed E-state index contributed by atoms with van der Waals surface area (Å²) in [6.45, 7) is 11.1. The highest BCUT2D eigenvalue weighted by atomic mass is 16.6. The van der Waals surface area contributed by atoms with Crippen molar-refractivity contribution in [3.8, 4) is 11.8 Å². The van der Waals surface area contributed by atoms with E-state index in [1.54, 1.807) is 13.8 Å². The third kappa shape index (κ3) is 9.74. The SMILES string of the molecule is CC.CC.CC(C)(O)C#Cc1ccc([N+](=O)[O-])cn1. The smallest absolute Gasteiger partial charge is 0.287 e. The summed E-state index contributed by atoms with van der Waals surface area (Å²) in [4.78, 5) is 13.6. The molecule has 0 amide bonds. The number of aromatic nitrogens is 1. The van der Waals surface area contributed by atoms with Crippen molar-refractivity contribution in [1.29, 1.82) is 0 Å². The highest BCUT2D eigenvalue weighted by molar-refractivity contribution is 5.35. The zero-order valence-electron chi connectivity index (χ0n) is 12.4. The predicted molar refractivity (Wildman–Crippen MR) is 76.8 cm³/mol. The molecule has 0 aliphatic rings. The maximum atomic E-state index is 10.3. The first-order chi connectivity index (χ1) is 8.88. The monoisotopic (exact) mass is 266 g/mol. The molecule has 0 spiro atoms. The Kier molecular flexibility index (Phi) is 10.3. The van der Waals surface area contributed by atoms with Gasteiger partial charge in [-0.15, -0.1) is 0 Å². The molecule has 5 heteroatoms. The molecule has 1 heterocycles. The fourth-order valence-corrected chi connectivity index (χ4v) is 0.785. The van der Waals surface area contributed by atoms with Crippen LogP contribution in [0.4, 0.5) is 5.69 Å². The average Bonchev–Trinajstić information content (AvgIpc) is 2.41. The van der Waals surface area contributed by atoms with Gasteiger partial charge in [-0.3, -0.25) is 10.1 Å². The van der Waals surface area contributed by atoms with E-state index in [0.717, 1.165) is 6.20 Å². The summed E-state index contributed by atoms with van der Waals surface area (Å²) in [5, 5.41) is 19.6. The van der Waals surface area contributed by atoms with Crippen LogP contribution in [0, 0.1) is 22.0 Å². The second kappa shape index (κ2) is 10.0. The Labute approximate surface area is 114 Å². The Morgan fingerprint density at radius 2 is 1.79 bits per heavy atom. The molecule has 0 unspecified atom stereocenters. The van der Waals surface area contributed by atoms with Crippen molar-refractivity contribution in [3.63, 3.8) is 0 Å². The summed E-state index contributed by atoms with van der Waals surface area (Å²) >= 11 is 0. The van der Waals surface area contributed by atoms with Gasteiger partial charge in [0.1, 0.15) is 17.5 Å². The second-order valence-corrected chi connectivity index (χ2v) is 3.47. The van der Waals surface area contributed by atoms with Crippen LogP contribution in [0.2, 0.25) is 0 Å². The number of hydrogen-bond acceptors (Lipinski definition) is 4. The molecule has 0 aromatic carbocycles. The van der Waals surface area contributed by atoms with Crippen LogP contribution in [0.15, 0.2) is 18.3 Å². The normalized spacial score (nSPS) is 8.79. The molecule has 1 aromatic heterocycles. The highest BCUT2D eigenvalue weighted by Gasteiger charge is 2.07. The van der Waals surface area contributed by atoms with Crippen LogP contribution in [0.3, 0.4) is 0 Å². The Balaban J connectivity index is 0. The van der Waals surface area contributed by atoms with E-state index in [4.69, 9.17) is 0 Å². The van der Waals surface area contributed by atoms with E-state index < -0.39 is 10.5 Å². The van der Waals surface area contributed by atoms with Crippen molar-refractivity contribution >= 4 is 5.69 Å². The van der Waals surface area contributed by atoms with Gasteiger partial charge in [0.15, 0.2) is 0 Å². The van der Waals surface area contributed by atoms with Crippen LogP contribution in [0.25, 0.3) is 0 Å². The maximum Gasteiger partial charge on any atom is 0.287 e. The van der Waals surface area contributed by atoms with Gasteiger partial charge in [0.2, 0.25) is 0 Å². The van der Waals surface area contributed by atoms with E-state index in [9.17, 15) is 15.2 Å². The largest absolute Gasteiger partial charge is 0.378 e. The Morgan fingerprint density at radius 1 is 1.26 bits per heavy atom. The molecule has 1 rings (SSSR count). The zero-order chi connectivity index (χ0) is 15.5. The molecule has 5 nitrogen and oxygen atoms in total. The molecular formula is C14H22N2O3. The third-order valence-electron chi connectivity index (χ3n) is 1.46. The first-order valence-corrected chi connectivity index (χ1v) is 6.24. The minimum absolute atomic E-state index is 0.0798. The lowest BCUT2D eigenvalue weighted by Gasteiger charge is -2.05. The van der Waals surface area contributed by atoms with Crippen LogP contribution in [0.5, 0.6) is 0 Å². The number of nitro groups is 1. The van der Waals surface area contributed by atoms with Gasteiger partial charge < -0.3 is 5.11 Å². The Morgan fingerprint density at radius 3 is 2.11 bits per heavy atom. The number of aliphatic hydroxyl groups is 1. The van der Waals surface area contributed by atoms with Crippen molar-refractivity contribution in [2.24, 2.45) is 0 Å². The molecule has 0 atom stereocenters. The van der Waals surface area contributed by atoms with Crippen LogP contribution in [0.1, 0.15) is 47.2 Å². The lowest BCUT2D eigenvalue weighted by Crippen LogP contribution is -2.14. The summed E-state index contributed by atoms with van der Waals surface area (Å²) in [6, 6.07) is 2.76. The lowest BCUT2D eigenvalue weighted by molar-refractivity contribution is -0.385. The number of hydrogen-bond donors (Lipinski definition) is 1. The lowest BCUT2D eigenvalue weighted by atomic mass is 10.1. The first-order valence-electron chi connectivity index (χ1n) is 6.24. The van der Waals surface area contributed by atoms with Gasteiger partial charge in [-0.1, -0.05) is 33.6 Å². The van der Waals surface area contributed by atoms with Gasteiger partial charge in [0, 0.05) is 6.07 Å². The molecule has 1 N–H and O–H groups in total. The molecular weight excluding hydrogens is 244 g/mol. The first kappa shape index (κ1) is 19.4. The highest BCUT2D eigenvalue weighted by Crippen LogP contribution is 2.08. The summed E-state index contributed by atoms with van der Waals surface area (Å²) in [7, 11) is 0. The van der Waals surface area contributed by atoms with Crippen molar-refractivity contribution < 1.29 is 10.0 Å². The molecule has 106 valence electrons. The standard InChI is InChI=1S/C10H10N2O3.2C2H6/c1-10(2,13)6-5-8-3-4-9(7-11-8)12(14)15;2*1-2/h3-4,7,13H,1-2H3;2*1-2H3. The van der Waals surface area contributed by atoms with E-state index in [2.05, 4.69) is 16.8 Å². The molecule has 0 saturated carbocycles. The summed E-state index contributed by atoms with van der Waals surface area (Å²) < 4.78 is 0. The van der Waals surface area contributed by atoms with Crippen LogP contribution in [-0.4, -0.2) is 20.6 Å². The molecule has 19 heavy (non-hydrogen) atoms. The van der Waals surface area contributed by atoms with Crippen LogP contribution in [-0.2, 0) is 0 Å². The third-order valence-corrected chi connectivity index (χ3v) is 1.46. The van der Waals surface area contributed by atoms with E-state index in [1.165, 1.54) is 12.1 Å². The quantitative estimate of drug-likeness (QED) is 0.481. The van der Waals surface area contributed by atoms with E-state index in [0.29, 0.717) is 5.69 Å². The number of nitrogens with zero attached hydrogens (tertiary/aromatic N) is 2. The molecule has 0 aliphatic heterocycles. The van der Waals surface area contributed by atoms with Gasteiger partial charge in [0.25, 0.3) is 5.69 Å². The topological polar surface area (TPSA) is 76.3 Å². The fraction of sp³-hybridized carbons (Fsp3) is 0.500. The van der Waals surface area contributed by atoms with Crippen molar-refractivity contribution in [1.82, 2.24) is 4.98 Å². The second-order valence-electron chi connectivity index (χ2n) is 3.47. The zero-order valence-corrected chi connectivity index (χ0v) is 12.4. The van der Waals surface area contributed by atoms with E-state index in [-0.39, 0.29) is 5.69 Å². The molecule has 0 aliphatic carbocycles. The van der Waals surface area contributed by atoms with Crippen molar-refractivity contribution in [2.75, 3.05) is 0 Å². The minimum Gasteiger partial charge on any atom is -0.378 e. The number of pyridine rings is 1. The maximum absolute atomic E-state index is 10.3. The van der Waals surface area contributed by atoms with Gasteiger partial charge in [-0.05, 0) is 25.8 Å². The molecule has 0 saturated heterocycles. The molecule has 0 fully saturated rings. The average molecular weight is 266 g/mol. The fourth-order valence-electron chi connectivity index (χ4n) is 0.785. The van der Waals surface area contributed by atoms with Gasteiger partial charge in [-0.25, -0.2) is 4.98 Å². The van der Waals surface area contributed by atoms with E-state index >= 15 is 0 Å². The van der Waals surface area contributed by atoms with Gasteiger partial charge in [-0.2, -0.15) is 0 Å². The Bertz CT molecular complexity index is 423. The molecule has 1 aromatic rings. The minimum atomic E-state index is -1.09. The van der Waals surface area contributed by atoms with Gasteiger partial charge in [0.05, 0.1) is 4.92 Å². The predicted octanol–water partition coefficient (Wildman–Crippen LogP) is 3.16. The van der Waals surface area contributed by atoms with Crippen molar-refractivity contribution in [2.45, 2.75) is 47.1 Å². The molecule has 0 bridgehead atoms. The van der Waals surface area contributed by atoms with Crippen LogP contribution >= 0.6 is 0 Å².